The lowest BCUT2D eigenvalue weighted by Crippen LogP contribution is -2.76. The summed E-state index contributed by atoms with van der Waals surface area (Å²) >= 11 is 0. The van der Waals surface area contributed by atoms with Crippen LogP contribution in [0.5, 0.6) is 0 Å². The summed E-state index contributed by atoms with van der Waals surface area (Å²) in [4.78, 5) is 0. The van der Waals surface area contributed by atoms with Gasteiger partial charge >= 0.3 is 24.4 Å². The van der Waals surface area contributed by atoms with Crippen LogP contribution in [0.2, 0.25) is 0 Å². The van der Waals surface area contributed by atoms with Crippen LogP contribution in [0, 0.1) is 22.2 Å². The molecule has 2 N–H and O–H groups in total. The highest BCUT2D eigenvalue weighted by atomic mass is 19.4. The predicted octanol–water partition coefficient (Wildman–Crippen LogP) is 5.04. The van der Waals surface area contributed by atoms with Crippen molar-refractivity contribution in [2.45, 2.75) is 75.4 Å². The molecule has 12 heteroatoms. The molecule has 0 aliphatic heterocycles. The zero-order chi connectivity index (χ0) is 21.8. The Hall–Kier alpha value is -0.780. The molecule has 0 spiro atoms. The molecule has 4 fully saturated rings. The van der Waals surface area contributed by atoms with E-state index in [1.165, 1.54) is 6.92 Å². The van der Waals surface area contributed by atoms with Crippen LogP contribution >= 0.6 is 0 Å². The molecule has 4 bridgehead atoms. The summed E-state index contributed by atoms with van der Waals surface area (Å²) in [5, 5.41) is 19.7. The van der Waals surface area contributed by atoms with Gasteiger partial charge in [0.15, 0.2) is 0 Å². The fourth-order valence-corrected chi connectivity index (χ4v) is 6.76. The summed E-state index contributed by atoms with van der Waals surface area (Å²) in [5.74, 6) is -6.11. The molecule has 4 aliphatic carbocycles. The van der Waals surface area contributed by atoms with Crippen LogP contribution in [-0.4, -0.2) is 40.2 Å². The summed E-state index contributed by atoms with van der Waals surface area (Å²) in [7, 11) is 0. The number of halogens is 10. The molecular weight excluding hydrogens is 414 g/mol. The Balaban J connectivity index is 2.24. The Morgan fingerprint density at radius 1 is 0.643 bits per heavy atom. The van der Waals surface area contributed by atoms with Crippen LogP contribution in [0.4, 0.5) is 43.9 Å². The second-order valence-electron chi connectivity index (χ2n) is 9.21. The molecule has 0 heterocycles. The molecular formula is C16H18F10O2. The molecule has 5 atom stereocenters. The minimum atomic E-state index is -6.25. The van der Waals surface area contributed by atoms with Gasteiger partial charge in [-0.05, 0) is 49.9 Å². The zero-order valence-corrected chi connectivity index (χ0v) is 14.5. The molecule has 2 nitrogen and oxygen atoms in total. The molecule has 164 valence electrons. The maximum Gasteiger partial charge on any atom is 0.448 e. The maximum absolute atomic E-state index is 14.6. The third kappa shape index (κ3) is 2.48. The van der Waals surface area contributed by atoms with E-state index < -0.39 is 84.3 Å². The van der Waals surface area contributed by atoms with Crippen molar-refractivity contribution in [1.29, 1.82) is 0 Å². The van der Waals surface area contributed by atoms with Gasteiger partial charge in [-0.25, -0.2) is 4.39 Å². The van der Waals surface area contributed by atoms with Crippen LogP contribution in [0.3, 0.4) is 0 Å². The van der Waals surface area contributed by atoms with Gasteiger partial charge in [-0.2, -0.15) is 39.5 Å². The Labute approximate surface area is 152 Å². The Morgan fingerprint density at radius 2 is 1.07 bits per heavy atom. The van der Waals surface area contributed by atoms with Gasteiger partial charge in [0.05, 0.1) is 0 Å². The van der Waals surface area contributed by atoms with E-state index >= 15 is 0 Å². The lowest BCUT2D eigenvalue weighted by atomic mass is 9.35. The number of rotatable bonds is 2. The summed E-state index contributed by atoms with van der Waals surface area (Å²) < 4.78 is 136. The van der Waals surface area contributed by atoms with Gasteiger partial charge in [0.1, 0.15) is 0 Å². The molecule has 0 radical (unpaired) electrons. The average molecular weight is 432 g/mol. The van der Waals surface area contributed by atoms with Gasteiger partial charge in [0.25, 0.3) is 5.60 Å². The molecule has 4 saturated carbocycles. The second kappa shape index (κ2) is 5.28. The molecule has 0 aromatic rings. The topological polar surface area (TPSA) is 40.5 Å². The number of hydrogen-bond acceptors (Lipinski definition) is 2. The van der Waals surface area contributed by atoms with E-state index in [1.54, 1.807) is 0 Å². The van der Waals surface area contributed by atoms with Gasteiger partial charge < -0.3 is 10.2 Å². The van der Waals surface area contributed by atoms with Crippen molar-refractivity contribution in [1.82, 2.24) is 0 Å². The van der Waals surface area contributed by atoms with E-state index in [0.717, 1.165) is 0 Å². The first-order chi connectivity index (χ1) is 12.2. The van der Waals surface area contributed by atoms with E-state index in [2.05, 4.69) is 0 Å². The monoisotopic (exact) mass is 432 g/mol. The van der Waals surface area contributed by atoms with Crippen LogP contribution < -0.4 is 0 Å². The Morgan fingerprint density at radius 3 is 1.46 bits per heavy atom. The van der Waals surface area contributed by atoms with Gasteiger partial charge in [0, 0.05) is 10.8 Å². The molecule has 5 unspecified atom stereocenters. The summed E-state index contributed by atoms with van der Waals surface area (Å²) in [5.41, 5.74) is -12.9. The third-order valence-electron chi connectivity index (χ3n) is 7.01. The highest BCUT2D eigenvalue weighted by molar-refractivity contribution is 5.23. The number of alkyl halides is 10. The maximum atomic E-state index is 14.6. The first-order valence-electron chi connectivity index (χ1n) is 8.49. The zero-order valence-electron chi connectivity index (χ0n) is 14.5. The summed E-state index contributed by atoms with van der Waals surface area (Å²) in [6.45, 7) is 1.18. The molecule has 4 aliphatic rings. The minimum Gasteiger partial charge on any atom is -0.373 e. The molecule has 0 amide bonds. The highest BCUT2D eigenvalue weighted by Crippen LogP contribution is 2.78. The predicted molar refractivity (Wildman–Crippen MR) is 73.3 cm³/mol. The van der Waals surface area contributed by atoms with Crippen molar-refractivity contribution in [3.05, 3.63) is 0 Å². The fourth-order valence-electron chi connectivity index (χ4n) is 6.76. The van der Waals surface area contributed by atoms with Crippen molar-refractivity contribution in [3.8, 4) is 0 Å². The number of hydrogen-bond donors (Lipinski definition) is 2. The minimum absolute atomic E-state index is 0.00374. The molecule has 28 heavy (non-hydrogen) atoms. The van der Waals surface area contributed by atoms with E-state index in [9.17, 15) is 54.1 Å². The highest BCUT2D eigenvalue weighted by Gasteiger charge is 2.85. The third-order valence-corrected chi connectivity index (χ3v) is 7.01. The van der Waals surface area contributed by atoms with Crippen LogP contribution in [0.25, 0.3) is 0 Å². The Bertz CT molecular complexity index is 652. The van der Waals surface area contributed by atoms with Crippen molar-refractivity contribution in [3.63, 3.8) is 0 Å². The lowest BCUT2D eigenvalue weighted by Gasteiger charge is -2.70. The standard InChI is InChI=1S/C16H18F10O2/c1-9-2-8-3-10(5-9,12(27,14(18,19)20)15(21,22)23)7-11(4-8,6-9)13(17,28)16(24,25)26/h8,27-28H,2-7H2,1H3. The van der Waals surface area contributed by atoms with E-state index in [0.29, 0.717) is 0 Å². The van der Waals surface area contributed by atoms with Crippen LogP contribution in [0.15, 0.2) is 0 Å². The average Bonchev–Trinajstić information content (AvgIpc) is 2.39. The van der Waals surface area contributed by atoms with Crippen molar-refractivity contribution < 1.29 is 54.1 Å². The summed E-state index contributed by atoms with van der Waals surface area (Å²) in [6.07, 6.45) is -23.1. The van der Waals surface area contributed by atoms with Crippen LogP contribution in [-0.2, 0) is 0 Å². The molecule has 4 rings (SSSR count). The van der Waals surface area contributed by atoms with E-state index in [-0.39, 0.29) is 6.42 Å². The smallest absolute Gasteiger partial charge is 0.373 e. The van der Waals surface area contributed by atoms with Crippen molar-refractivity contribution in [2.75, 3.05) is 0 Å². The SMILES string of the molecule is CC12CC3CC(C(O)(F)C(F)(F)F)(C1)CC(C(O)(C(F)(F)F)C(F)(F)F)(C3)C2. The largest absolute Gasteiger partial charge is 0.448 e. The van der Waals surface area contributed by atoms with E-state index in [4.69, 9.17) is 0 Å². The first kappa shape index (κ1) is 21.9. The number of aliphatic hydroxyl groups is 2. The van der Waals surface area contributed by atoms with Gasteiger partial charge in [-0.1, -0.05) is 6.92 Å². The summed E-state index contributed by atoms with van der Waals surface area (Å²) in [6, 6.07) is 0. The molecule has 0 aromatic carbocycles. The normalized spacial score (nSPS) is 41.2. The fraction of sp³-hybridized carbons (Fsp3) is 1.00. The van der Waals surface area contributed by atoms with Gasteiger partial charge in [0.2, 0.25) is 0 Å². The van der Waals surface area contributed by atoms with Crippen molar-refractivity contribution in [2.24, 2.45) is 22.2 Å². The molecule has 0 saturated heterocycles. The molecule has 0 aromatic heterocycles. The Kier molecular flexibility index (Phi) is 4.13. The van der Waals surface area contributed by atoms with Gasteiger partial charge in [-0.15, -0.1) is 0 Å². The van der Waals surface area contributed by atoms with Crippen molar-refractivity contribution >= 4 is 0 Å². The van der Waals surface area contributed by atoms with Gasteiger partial charge in [-0.3, -0.25) is 0 Å². The second-order valence-corrected chi connectivity index (χ2v) is 9.21. The van der Waals surface area contributed by atoms with Crippen LogP contribution in [0.1, 0.15) is 45.4 Å². The lowest BCUT2D eigenvalue weighted by molar-refractivity contribution is -0.444. The quantitative estimate of drug-likeness (QED) is 0.601. The first-order valence-corrected chi connectivity index (χ1v) is 8.49. The van der Waals surface area contributed by atoms with E-state index in [1.807, 2.05) is 0 Å².